The van der Waals surface area contributed by atoms with E-state index in [0.717, 1.165) is 5.56 Å². The summed E-state index contributed by atoms with van der Waals surface area (Å²) in [5.41, 5.74) is 1.50. The largest absolute Gasteiger partial charge is 0.387 e. The van der Waals surface area contributed by atoms with Crippen LogP contribution in [-0.2, 0) is 17.6 Å². The molecule has 3 aromatic rings. The van der Waals surface area contributed by atoms with Gasteiger partial charge in [0.25, 0.3) is 0 Å². The monoisotopic (exact) mass is 461 g/mol. The van der Waals surface area contributed by atoms with Crippen molar-refractivity contribution in [3.05, 3.63) is 65.6 Å². The molecule has 0 unspecified atom stereocenters. The number of carbonyl (C=O) groups excluding carboxylic acids is 2. The first-order chi connectivity index (χ1) is 16.6. The van der Waals surface area contributed by atoms with Crippen molar-refractivity contribution < 1.29 is 14.7 Å². The molecule has 1 aliphatic rings. The molecule has 0 bridgehead atoms. The SMILES string of the molecule is CCc1nc(Nc2cc(C(=O)Cc3ccccc3)ccn2)nc(N2CCN(C(=O)CO)CC2)n1. The van der Waals surface area contributed by atoms with Gasteiger partial charge in [0.15, 0.2) is 5.78 Å². The highest BCUT2D eigenvalue weighted by Gasteiger charge is 2.23. The number of nitrogens with zero attached hydrogens (tertiary/aromatic N) is 6. The number of Topliss-reactive ketones (excluding diaryl/α,β-unsaturated/α-hetero) is 1. The van der Waals surface area contributed by atoms with Gasteiger partial charge in [-0.25, -0.2) is 4.98 Å². The zero-order valence-corrected chi connectivity index (χ0v) is 19.0. The highest BCUT2D eigenvalue weighted by Crippen LogP contribution is 2.18. The van der Waals surface area contributed by atoms with Gasteiger partial charge in [-0.2, -0.15) is 15.0 Å². The fourth-order valence-electron chi connectivity index (χ4n) is 3.69. The maximum atomic E-state index is 12.7. The molecule has 1 aromatic carbocycles. The number of hydrogen-bond donors (Lipinski definition) is 2. The molecule has 0 radical (unpaired) electrons. The lowest BCUT2D eigenvalue weighted by Gasteiger charge is -2.34. The van der Waals surface area contributed by atoms with Crippen molar-refractivity contribution in [2.45, 2.75) is 19.8 Å². The lowest BCUT2D eigenvalue weighted by molar-refractivity contribution is -0.134. The number of aryl methyl sites for hydroxylation is 1. The zero-order chi connectivity index (χ0) is 23.9. The normalized spacial score (nSPS) is 13.6. The average molecular weight is 462 g/mol. The molecule has 1 saturated heterocycles. The fraction of sp³-hybridized carbons (Fsp3) is 0.333. The molecule has 0 atom stereocenters. The molecule has 2 N–H and O–H groups in total. The van der Waals surface area contributed by atoms with Crippen LogP contribution in [0.3, 0.4) is 0 Å². The second-order valence-electron chi connectivity index (χ2n) is 7.90. The number of carbonyl (C=O) groups is 2. The third-order valence-corrected chi connectivity index (χ3v) is 5.57. The number of hydrogen-bond acceptors (Lipinski definition) is 9. The number of ketones is 1. The van der Waals surface area contributed by atoms with Crippen molar-refractivity contribution in [2.24, 2.45) is 0 Å². The standard InChI is InChI=1S/C24H27N7O3/c1-2-20-26-23(29-24(28-20)31-12-10-30(11-13-31)22(34)16-32)27-21-15-18(8-9-25-21)19(33)14-17-6-4-3-5-7-17/h3-9,15,32H,2,10-14,16H2,1H3,(H,25,26,27,28,29). The summed E-state index contributed by atoms with van der Waals surface area (Å²) in [5.74, 6) is 1.67. The summed E-state index contributed by atoms with van der Waals surface area (Å²) in [6.07, 6.45) is 2.52. The molecule has 1 aliphatic heterocycles. The molecule has 0 saturated carbocycles. The van der Waals surface area contributed by atoms with E-state index in [4.69, 9.17) is 5.11 Å². The van der Waals surface area contributed by atoms with E-state index in [9.17, 15) is 9.59 Å². The minimum Gasteiger partial charge on any atom is -0.387 e. The number of piperazine rings is 1. The first-order valence-corrected chi connectivity index (χ1v) is 11.2. The van der Waals surface area contributed by atoms with Crippen LogP contribution in [0.1, 0.15) is 28.7 Å². The number of amides is 1. The van der Waals surface area contributed by atoms with Crippen molar-refractivity contribution in [2.75, 3.05) is 43.0 Å². The second kappa shape index (κ2) is 10.8. The molecule has 34 heavy (non-hydrogen) atoms. The van der Waals surface area contributed by atoms with E-state index in [1.54, 1.807) is 23.2 Å². The van der Waals surface area contributed by atoms with Crippen LogP contribution in [0.5, 0.6) is 0 Å². The minimum absolute atomic E-state index is 0.00229. The van der Waals surface area contributed by atoms with Crippen LogP contribution in [0.25, 0.3) is 0 Å². The molecule has 3 heterocycles. The zero-order valence-electron chi connectivity index (χ0n) is 19.0. The number of anilines is 3. The van der Waals surface area contributed by atoms with Crippen molar-refractivity contribution in [1.82, 2.24) is 24.8 Å². The van der Waals surface area contributed by atoms with Gasteiger partial charge in [0.05, 0.1) is 0 Å². The van der Waals surface area contributed by atoms with Crippen LogP contribution < -0.4 is 10.2 Å². The van der Waals surface area contributed by atoms with Crippen LogP contribution in [0.4, 0.5) is 17.7 Å². The van der Waals surface area contributed by atoms with Crippen LogP contribution in [0.2, 0.25) is 0 Å². The van der Waals surface area contributed by atoms with Crippen LogP contribution in [-0.4, -0.2) is 74.4 Å². The lowest BCUT2D eigenvalue weighted by Crippen LogP contribution is -2.50. The Balaban J connectivity index is 1.48. The van der Waals surface area contributed by atoms with E-state index in [0.29, 0.717) is 68.1 Å². The Hall–Kier alpha value is -3.92. The number of aliphatic hydroxyl groups excluding tert-OH is 1. The molecule has 0 aliphatic carbocycles. The Morgan fingerprint density at radius 1 is 1.03 bits per heavy atom. The molecule has 10 heteroatoms. The molecule has 0 spiro atoms. The number of aromatic nitrogens is 4. The van der Waals surface area contributed by atoms with E-state index >= 15 is 0 Å². The number of pyridine rings is 1. The molecule has 1 amide bonds. The first kappa shape index (κ1) is 23.2. The predicted octanol–water partition coefficient (Wildman–Crippen LogP) is 1.64. The van der Waals surface area contributed by atoms with Gasteiger partial charge in [-0.05, 0) is 17.7 Å². The van der Waals surface area contributed by atoms with Gasteiger partial charge in [-0.1, -0.05) is 37.3 Å². The summed E-state index contributed by atoms with van der Waals surface area (Å²) >= 11 is 0. The van der Waals surface area contributed by atoms with Gasteiger partial charge in [-0.15, -0.1) is 0 Å². The second-order valence-corrected chi connectivity index (χ2v) is 7.90. The molecule has 176 valence electrons. The maximum absolute atomic E-state index is 12.7. The van der Waals surface area contributed by atoms with E-state index in [-0.39, 0.29) is 11.7 Å². The smallest absolute Gasteiger partial charge is 0.248 e. The summed E-state index contributed by atoms with van der Waals surface area (Å²) in [6, 6.07) is 13.0. The Morgan fingerprint density at radius 3 is 2.50 bits per heavy atom. The third kappa shape index (κ3) is 5.70. The van der Waals surface area contributed by atoms with Gasteiger partial charge in [0.2, 0.25) is 17.8 Å². The number of aliphatic hydroxyl groups is 1. The predicted molar refractivity (Wildman–Crippen MR) is 127 cm³/mol. The van der Waals surface area contributed by atoms with Gasteiger partial charge < -0.3 is 20.2 Å². The van der Waals surface area contributed by atoms with E-state index in [1.165, 1.54) is 0 Å². The summed E-state index contributed by atoms with van der Waals surface area (Å²) in [5, 5.41) is 12.2. The number of benzene rings is 1. The summed E-state index contributed by atoms with van der Waals surface area (Å²) in [6.45, 7) is 3.56. The van der Waals surface area contributed by atoms with E-state index in [1.807, 2.05) is 42.2 Å². The summed E-state index contributed by atoms with van der Waals surface area (Å²) in [4.78, 5) is 45.9. The van der Waals surface area contributed by atoms with Gasteiger partial charge in [0, 0.05) is 50.8 Å². The topological polar surface area (TPSA) is 124 Å². The van der Waals surface area contributed by atoms with Gasteiger partial charge in [0.1, 0.15) is 18.2 Å². The van der Waals surface area contributed by atoms with Crippen molar-refractivity contribution in [3.63, 3.8) is 0 Å². The molecule has 1 fully saturated rings. The Morgan fingerprint density at radius 2 is 1.79 bits per heavy atom. The maximum Gasteiger partial charge on any atom is 0.248 e. The van der Waals surface area contributed by atoms with Gasteiger partial charge in [-0.3, -0.25) is 9.59 Å². The van der Waals surface area contributed by atoms with E-state index < -0.39 is 6.61 Å². The first-order valence-electron chi connectivity index (χ1n) is 11.2. The highest BCUT2D eigenvalue weighted by molar-refractivity contribution is 5.98. The minimum atomic E-state index is -0.486. The molecular formula is C24H27N7O3. The van der Waals surface area contributed by atoms with Crippen molar-refractivity contribution in [3.8, 4) is 0 Å². The molecule has 4 rings (SSSR count). The van der Waals surface area contributed by atoms with Gasteiger partial charge >= 0.3 is 0 Å². The van der Waals surface area contributed by atoms with Crippen LogP contribution in [0, 0.1) is 0 Å². The summed E-state index contributed by atoms with van der Waals surface area (Å²) < 4.78 is 0. The number of nitrogens with one attached hydrogen (secondary N) is 1. The Kier molecular flexibility index (Phi) is 7.38. The van der Waals surface area contributed by atoms with Crippen LogP contribution >= 0.6 is 0 Å². The van der Waals surface area contributed by atoms with Crippen molar-refractivity contribution in [1.29, 1.82) is 0 Å². The van der Waals surface area contributed by atoms with Crippen molar-refractivity contribution >= 4 is 29.4 Å². The summed E-state index contributed by atoms with van der Waals surface area (Å²) in [7, 11) is 0. The lowest BCUT2D eigenvalue weighted by atomic mass is 10.0. The van der Waals surface area contributed by atoms with E-state index in [2.05, 4.69) is 25.3 Å². The fourth-order valence-corrected chi connectivity index (χ4v) is 3.69. The molecular weight excluding hydrogens is 434 g/mol. The quantitative estimate of drug-likeness (QED) is 0.482. The molecule has 10 nitrogen and oxygen atoms in total. The third-order valence-electron chi connectivity index (χ3n) is 5.57. The Bertz CT molecular complexity index is 1150. The van der Waals surface area contributed by atoms with Crippen LogP contribution in [0.15, 0.2) is 48.7 Å². The Labute approximate surface area is 197 Å². The highest BCUT2D eigenvalue weighted by atomic mass is 16.3. The number of rotatable bonds is 8. The average Bonchev–Trinajstić information content (AvgIpc) is 2.88. The molecule has 2 aromatic heterocycles.